The van der Waals surface area contributed by atoms with Crippen LogP contribution in [0.4, 0.5) is 5.82 Å². The maximum Gasteiger partial charge on any atom is 0.351 e. The predicted octanol–water partition coefficient (Wildman–Crippen LogP) is 1.06. The summed E-state index contributed by atoms with van der Waals surface area (Å²) in [5.41, 5.74) is 8.20. The normalized spacial score (nSPS) is 20.2. The molecule has 2 heterocycles. The Hall–Kier alpha value is -3.53. The van der Waals surface area contributed by atoms with Crippen LogP contribution in [0.2, 0.25) is 0 Å². The lowest BCUT2D eigenvalue weighted by molar-refractivity contribution is -0.0459. The highest BCUT2D eigenvalue weighted by atomic mass is 16.5. The standard InChI is InChI=1S/C23H24N4O5/c24-21-17(12-27(23(31)26-21)20-10-18(29)19(13-28)32-20)22(30)25-11-14-6-8-16(9-7-14)15-4-2-1-3-5-15/h1-9,12,18-20,28-29H,10-11,13H2,(H,25,30)(H2,24,26,31)/t18-,19+,20+/m0/s1. The highest BCUT2D eigenvalue weighted by Crippen LogP contribution is 2.28. The molecule has 0 aliphatic carbocycles. The minimum Gasteiger partial charge on any atom is -0.394 e. The quantitative estimate of drug-likeness (QED) is 0.453. The molecule has 9 heteroatoms. The molecule has 32 heavy (non-hydrogen) atoms. The van der Waals surface area contributed by atoms with E-state index in [0.29, 0.717) is 0 Å². The number of hydrogen-bond donors (Lipinski definition) is 4. The maximum absolute atomic E-state index is 12.7. The van der Waals surface area contributed by atoms with E-state index < -0.39 is 30.0 Å². The summed E-state index contributed by atoms with van der Waals surface area (Å²) in [6, 6.07) is 17.8. The van der Waals surface area contributed by atoms with E-state index in [-0.39, 0.29) is 31.0 Å². The van der Waals surface area contributed by atoms with Gasteiger partial charge in [-0.2, -0.15) is 4.98 Å². The fourth-order valence-electron chi connectivity index (χ4n) is 3.64. The van der Waals surface area contributed by atoms with Crippen molar-refractivity contribution in [3.05, 3.63) is 82.4 Å². The zero-order valence-corrected chi connectivity index (χ0v) is 17.2. The van der Waals surface area contributed by atoms with E-state index >= 15 is 0 Å². The minimum atomic E-state index is -0.925. The number of aliphatic hydroxyl groups is 2. The first-order valence-electron chi connectivity index (χ1n) is 10.2. The Morgan fingerprint density at radius 2 is 1.84 bits per heavy atom. The van der Waals surface area contributed by atoms with Crippen LogP contribution >= 0.6 is 0 Å². The molecule has 1 aliphatic rings. The van der Waals surface area contributed by atoms with Gasteiger partial charge in [0.05, 0.1) is 18.3 Å². The van der Waals surface area contributed by atoms with Gasteiger partial charge < -0.3 is 26.0 Å². The lowest BCUT2D eigenvalue weighted by Gasteiger charge is -2.16. The van der Waals surface area contributed by atoms with Gasteiger partial charge in [0.1, 0.15) is 18.1 Å². The van der Waals surface area contributed by atoms with Gasteiger partial charge in [-0.15, -0.1) is 0 Å². The smallest absolute Gasteiger partial charge is 0.351 e. The summed E-state index contributed by atoms with van der Waals surface area (Å²) in [5.74, 6) is -0.687. The number of rotatable bonds is 6. The molecule has 1 saturated heterocycles. The number of nitrogen functional groups attached to an aromatic ring is 1. The van der Waals surface area contributed by atoms with Gasteiger partial charge in [-0.05, 0) is 16.7 Å². The molecule has 166 valence electrons. The largest absolute Gasteiger partial charge is 0.394 e. The van der Waals surface area contributed by atoms with Gasteiger partial charge in [0, 0.05) is 19.2 Å². The van der Waals surface area contributed by atoms with Gasteiger partial charge in [-0.3, -0.25) is 9.36 Å². The third kappa shape index (κ3) is 4.54. The van der Waals surface area contributed by atoms with Crippen LogP contribution in [-0.2, 0) is 11.3 Å². The lowest BCUT2D eigenvalue weighted by atomic mass is 10.0. The summed E-state index contributed by atoms with van der Waals surface area (Å²) in [4.78, 5) is 28.7. The zero-order chi connectivity index (χ0) is 22.7. The molecule has 1 aliphatic heterocycles. The summed E-state index contributed by atoms with van der Waals surface area (Å²) < 4.78 is 6.60. The topological polar surface area (TPSA) is 140 Å². The molecule has 3 atom stereocenters. The highest BCUT2D eigenvalue weighted by Gasteiger charge is 2.35. The molecule has 4 rings (SSSR count). The summed E-state index contributed by atoms with van der Waals surface area (Å²) >= 11 is 0. The second-order valence-corrected chi connectivity index (χ2v) is 7.59. The third-order valence-corrected chi connectivity index (χ3v) is 5.43. The Balaban J connectivity index is 1.46. The molecule has 0 spiro atoms. The highest BCUT2D eigenvalue weighted by molar-refractivity contribution is 5.97. The Kier molecular flexibility index (Phi) is 6.31. The molecular formula is C23H24N4O5. The third-order valence-electron chi connectivity index (χ3n) is 5.43. The lowest BCUT2D eigenvalue weighted by Crippen LogP contribution is -2.32. The Bertz CT molecular complexity index is 1150. The molecule has 0 unspecified atom stereocenters. The Labute approximate surface area is 184 Å². The second-order valence-electron chi connectivity index (χ2n) is 7.59. The molecule has 0 saturated carbocycles. The van der Waals surface area contributed by atoms with Crippen molar-refractivity contribution in [3.63, 3.8) is 0 Å². The number of ether oxygens (including phenoxy) is 1. The van der Waals surface area contributed by atoms with Gasteiger partial charge in [-0.25, -0.2) is 4.79 Å². The molecule has 5 N–H and O–H groups in total. The van der Waals surface area contributed by atoms with Crippen LogP contribution in [-0.4, -0.2) is 44.5 Å². The van der Waals surface area contributed by atoms with Crippen molar-refractivity contribution in [2.24, 2.45) is 0 Å². The number of nitrogens with one attached hydrogen (secondary N) is 1. The van der Waals surface area contributed by atoms with Gasteiger partial charge in [0.2, 0.25) is 0 Å². The van der Waals surface area contributed by atoms with Crippen LogP contribution in [0.25, 0.3) is 11.1 Å². The number of nitrogens with zero attached hydrogens (tertiary/aromatic N) is 2. The molecule has 1 aromatic heterocycles. The van der Waals surface area contributed by atoms with Crippen LogP contribution in [0.15, 0.2) is 65.6 Å². The van der Waals surface area contributed by atoms with Crippen LogP contribution in [0.3, 0.4) is 0 Å². The van der Waals surface area contributed by atoms with E-state index in [4.69, 9.17) is 10.5 Å². The van der Waals surface area contributed by atoms with Crippen molar-refractivity contribution >= 4 is 11.7 Å². The van der Waals surface area contributed by atoms with Crippen molar-refractivity contribution in [2.75, 3.05) is 12.3 Å². The first-order chi connectivity index (χ1) is 15.5. The predicted molar refractivity (Wildman–Crippen MR) is 118 cm³/mol. The van der Waals surface area contributed by atoms with Crippen LogP contribution < -0.4 is 16.7 Å². The van der Waals surface area contributed by atoms with E-state index in [1.54, 1.807) is 0 Å². The van der Waals surface area contributed by atoms with Gasteiger partial charge in [0.25, 0.3) is 5.91 Å². The molecule has 9 nitrogen and oxygen atoms in total. The number of benzene rings is 2. The van der Waals surface area contributed by atoms with Gasteiger partial charge in [-0.1, -0.05) is 54.6 Å². The SMILES string of the molecule is Nc1nc(=O)n([C@H]2C[C@H](O)[C@@H](CO)O2)cc1C(=O)NCc1ccc(-c2ccccc2)cc1. The van der Waals surface area contributed by atoms with Crippen molar-refractivity contribution in [2.45, 2.75) is 31.4 Å². The molecule has 0 bridgehead atoms. The first-order valence-corrected chi connectivity index (χ1v) is 10.2. The minimum absolute atomic E-state index is 0.0241. The number of hydrogen-bond acceptors (Lipinski definition) is 7. The van der Waals surface area contributed by atoms with E-state index in [2.05, 4.69) is 10.3 Å². The van der Waals surface area contributed by atoms with E-state index in [0.717, 1.165) is 21.3 Å². The summed E-state index contributed by atoms with van der Waals surface area (Å²) in [5, 5.41) is 21.9. The fraction of sp³-hybridized carbons (Fsp3) is 0.261. The van der Waals surface area contributed by atoms with E-state index in [9.17, 15) is 19.8 Å². The first kappa shape index (κ1) is 21.7. The second kappa shape index (κ2) is 9.31. The number of amides is 1. The van der Waals surface area contributed by atoms with E-state index in [1.165, 1.54) is 6.20 Å². The number of carbonyl (C=O) groups excluding carboxylic acids is 1. The number of anilines is 1. The van der Waals surface area contributed by atoms with Crippen molar-refractivity contribution in [1.29, 1.82) is 0 Å². The van der Waals surface area contributed by atoms with Crippen LogP contribution in [0.1, 0.15) is 28.6 Å². The molecule has 2 aromatic carbocycles. The van der Waals surface area contributed by atoms with Crippen molar-refractivity contribution in [1.82, 2.24) is 14.9 Å². The molecular weight excluding hydrogens is 412 g/mol. The molecule has 1 amide bonds. The number of aliphatic hydroxyl groups excluding tert-OH is 2. The van der Waals surface area contributed by atoms with Crippen molar-refractivity contribution < 1.29 is 19.7 Å². The molecule has 0 radical (unpaired) electrons. The van der Waals surface area contributed by atoms with Crippen LogP contribution in [0.5, 0.6) is 0 Å². The zero-order valence-electron chi connectivity index (χ0n) is 17.2. The summed E-state index contributed by atoms with van der Waals surface area (Å²) in [6.07, 6.45) is -1.22. The molecule has 3 aromatic rings. The fourth-order valence-corrected chi connectivity index (χ4v) is 3.64. The van der Waals surface area contributed by atoms with Crippen molar-refractivity contribution in [3.8, 4) is 11.1 Å². The number of nitrogens with two attached hydrogens (primary N) is 1. The summed E-state index contributed by atoms with van der Waals surface area (Å²) in [7, 11) is 0. The van der Waals surface area contributed by atoms with Gasteiger partial charge >= 0.3 is 5.69 Å². The number of carbonyl (C=O) groups is 1. The average Bonchev–Trinajstić information content (AvgIpc) is 3.18. The molecule has 1 fully saturated rings. The van der Waals surface area contributed by atoms with Crippen LogP contribution in [0, 0.1) is 0 Å². The number of aromatic nitrogens is 2. The van der Waals surface area contributed by atoms with Gasteiger partial charge in [0.15, 0.2) is 0 Å². The van der Waals surface area contributed by atoms with E-state index in [1.807, 2.05) is 54.6 Å². The monoisotopic (exact) mass is 436 g/mol. The maximum atomic E-state index is 12.7. The average molecular weight is 436 g/mol. The Morgan fingerprint density at radius 1 is 1.16 bits per heavy atom. The summed E-state index contributed by atoms with van der Waals surface area (Å²) in [6.45, 7) is -0.122. The Morgan fingerprint density at radius 3 is 2.50 bits per heavy atom.